The Balaban J connectivity index is 1.91. The highest BCUT2D eigenvalue weighted by molar-refractivity contribution is 5.89. The molecule has 2 rings (SSSR count). The predicted molar refractivity (Wildman–Crippen MR) is 86.5 cm³/mol. The first-order valence-electron chi connectivity index (χ1n) is 7.37. The van der Waals surface area contributed by atoms with Gasteiger partial charge in [0, 0.05) is 0 Å². The van der Waals surface area contributed by atoms with Crippen LogP contribution in [-0.2, 0) is 9.53 Å². The van der Waals surface area contributed by atoms with Crippen LogP contribution in [0, 0.1) is 0 Å². The van der Waals surface area contributed by atoms with Crippen LogP contribution in [0.15, 0.2) is 48.5 Å². The molecule has 0 radical (unpaired) electrons. The lowest BCUT2D eigenvalue weighted by molar-refractivity contribution is -0.136. The van der Waals surface area contributed by atoms with Crippen molar-refractivity contribution in [3.8, 4) is 17.2 Å². The molecule has 0 atom stereocenters. The maximum atomic E-state index is 11.9. The Morgan fingerprint density at radius 3 is 2.12 bits per heavy atom. The largest absolute Gasteiger partial charge is 0.490 e. The number of esters is 2. The van der Waals surface area contributed by atoms with Gasteiger partial charge in [-0.3, -0.25) is 0 Å². The van der Waals surface area contributed by atoms with Gasteiger partial charge < -0.3 is 18.9 Å². The maximum absolute atomic E-state index is 11.9. The summed E-state index contributed by atoms with van der Waals surface area (Å²) in [5.41, 5.74) is 0.374. The van der Waals surface area contributed by atoms with E-state index in [1.165, 1.54) is 31.4 Å². The van der Waals surface area contributed by atoms with Gasteiger partial charge in [-0.2, -0.15) is 0 Å². The van der Waals surface area contributed by atoms with E-state index >= 15 is 0 Å². The van der Waals surface area contributed by atoms with Crippen molar-refractivity contribution in [3.63, 3.8) is 0 Å². The Bertz CT molecular complexity index is 693. The van der Waals surface area contributed by atoms with Crippen molar-refractivity contribution in [1.29, 1.82) is 0 Å². The topological polar surface area (TPSA) is 71.1 Å². The second kappa shape index (κ2) is 8.57. The minimum Gasteiger partial charge on any atom is -0.490 e. The van der Waals surface area contributed by atoms with E-state index in [2.05, 4.69) is 4.74 Å². The van der Waals surface area contributed by atoms with Crippen molar-refractivity contribution in [2.24, 2.45) is 0 Å². The van der Waals surface area contributed by atoms with Crippen molar-refractivity contribution in [2.75, 3.05) is 20.3 Å². The van der Waals surface area contributed by atoms with Crippen molar-refractivity contribution < 1.29 is 28.5 Å². The number of benzene rings is 2. The van der Waals surface area contributed by atoms with E-state index in [0.29, 0.717) is 29.4 Å². The minimum absolute atomic E-state index is 0.261. The second-order valence-corrected chi connectivity index (χ2v) is 4.66. The van der Waals surface area contributed by atoms with Gasteiger partial charge in [0.25, 0.3) is 0 Å². The molecule has 0 amide bonds. The van der Waals surface area contributed by atoms with E-state index in [1.54, 1.807) is 18.2 Å². The monoisotopic (exact) mass is 330 g/mol. The number of hydrogen-bond donors (Lipinski definition) is 0. The van der Waals surface area contributed by atoms with Crippen LogP contribution < -0.4 is 14.2 Å². The molecule has 0 saturated heterocycles. The molecule has 6 nitrogen and oxygen atoms in total. The number of para-hydroxylation sites is 2. The van der Waals surface area contributed by atoms with Gasteiger partial charge in [-0.05, 0) is 43.3 Å². The number of rotatable bonds is 7. The van der Waals surface area contributed by atoms with Crippen LogP contribution in [0.5, 0.6) is 17.2 Å². The van der Waals surface area contributed by atoms with E-state index in [1.807, 2.05) is 13.0 Å². The van der Waals surface area contributed by atoms with E-state index in [-0.39, 0.29) is 6.61 Å². The molecule has 6 heteroatoms. The van der Waals surface area contributed by atoms with E-state index in [0.717, 1.165) is 0 Å². The van der Waals surface area contributed by atoms with Crippen molar-refractivity contribution in [3.05, 3.63) is 54.1 Å². The lowest BCUT2D eigenvalue weighted by Gasteiger charge is -2.11. The third kappa shape index (κ3) is 4.74. The molecule has 24 heavy (non-hydrogen) atoms. The van der Waals surface area contributed by atoms with Gasteiger partial charge in [0.1, 0.15) is 5.75 Å². The van der Waals surface area contributed by atoms with Gasteiger partial charge >= 0.3 is 11.9 Å². The molecule has 0 spiro atoms. The Kier molecular flexibility index (Phi) is 6.19. The van der Waals surface area contributed by atoms with Crippen LogP contribution in [0.4, 0.5) is 0 Å². The van der Waals surface area contributed by atoms with Crippen molar-refractivity contribution >= 4 is 11.9 Å². The average Bonchev–Trinajstić information content (AvgIpc) is 2.61. The smallest absolute Gasteiger partial charge is 0.349 e. The SMILES string of the molecule is CCOc1ccccc1OCC(=O)Oc1ccc(C(=O)OC)cc1. The lowest BCUT2D eigenvalue weighted by Crippen LogP contribution is -2.18. The molecule has 126 valence electrons. The fourth-order valence-corrected chi connectivity index (χ4v) is 1.92. The van der Waals surface area contributed by atoms with Crippen LogP contribution in [0.1, 0.15) is 17.3 Å². The van der Waals surface area contributed by atoms with Gasteiger partial charge in [0.15, 0.2) is 18.1 Å². The maximum Gasteiger partial charge on any atom is 0.349 e. The molecular weight excluding hydrogens is 312 g/mol. The summed E-state index contributed by atoms with van der Waals surface area (Å²) in [7, 11) is 1.30. The number of carbonyl (C=O) groups is 2. The molecular formula is C18H18O6. The van der Waals surface area contributed by atoms with Crippen LogP contribution >= 0.6 is 0 Å². The first kappa shape index (κ1) is 17.3. The van der Waals surface area contributed by atoms with Gasteiger partial charge in [-0.25, -0.2) is 9.59 Å². The molecule has 0 aliphatic carbocycles. The molecule has 0 heterocycles. The summed E-state index contributed by atoms with van der Waals surface area (Å²) in [5, 5.41) is 0. The van der Waals surface area contributed by atoms with Gasteiger partial charge in [0.05, 0.1) is 19.3 Å². The third-order valence-corrected chi connectivity index (χ3v) is 3.00. The molecule has 0 aliphatic rings. The Morgan fingerprint density at radius 1 is 0.917 bits per heavy atom. The minimum atomic E-state index is -0.563. The summed E-state index contributed by atoms with van der Waals surface area (Å²) >= 11 is 0. The zero-order chi connectivity index (χ0) is 17.4. The molecule has 0 bridgehead atoms. The highest BCUT2D eigenvalue weighted by atomic mass is 16.6. The number of carbonyl (C=O) groups excluding carboxylic acids is 2. The molecule has 2 aromatic rings. The molecule has 0 N–H and O–H groups in total. The summed E-state index contributed by atoms with van der Waals surface area (Å²) in [5.74, 6) is 0.331. The fourth-order valence-electron chi connectivity index (χ4n) is 1.92. The van der Waals surface area contributed by atoms with Crippen molar-refractivity contribution in [1.82, 2.24) is 0 Å². The van der Waals surface area contributed by atoms with Crippen LogP contribution in [0.3, 0.4) is 0 Å². The highest BCUT2D eigenvalue weighted by Gasteiger charge is 2.10. The first-order chi connectivity index (χ1) is 11.6. The third-order valence-electron chi connectivity index (χ3n) is 3.00. The molecule has 0 aromatic heterocycles. The number of hydrogen-bond acceptors (Lipinski definition) is 6. The quantitative estimate of drug-likeness (QED) is 0.574. The number of ether oxygens (including phenoxy) is 4. The normalized spacial score (nSPS) is 9.92. The first-order valence-corrected chi connectivity index (χ1v) is 7.37. The average molecular weight is 330 g/mol. The van der Waals surface area contributed by atoms with Crippen LogP contribution in [0.2, 0.25) is 0 Å². The molecule has 0 unspecified atom stereocenters. The van der Waals surface area contributed by atoms with E-state index < -0.39 is 11.9 Å². The Morgan fingerprint density at radius 2 is 1.54 bits per heavy atom. The summed E-state index contributed by atoms with van der Waals surface area (Å²) in [4.78, 5) is 23.2. The Labute approximate surface area is 139 Å². The van der Waals surface area contributed by atoms with Crippen LogP contribution in [-0.4, -0.2) is 32.3 Å². The summed E-state index contributed by atoms with van der Waals surface area (Å²) in [6.45, 7) is 2.10. The van der Waals surface area contributed by atoms with Crippen molar-refractivity contribution in [2.45, 2.75) is 6.92 Å². The Hall–Kier alpha value is -3.02. The zero-order valence-electron chi connectivity index (χ0n) is 13.5. The summed E-state index contributed by atoms with van der Waals surface area (Å²) < 4.78 is 20.6. The van der Waals surface area contributed by atoms with Gasteiger partial charge in [0.2, 0.25) is 0 Å². The molecule has 0 saturated carbocycles. The molecule has 0 fully saturated rings. The number of methoxy groups -OCH3 is 1. The molecule has 2 aromatic carbocycles. The lowest BCUT2D eigenvalue weighted by atomic mass is 10.2. The summed E-state index contributed by atoms with van der Waals surface area (Å²) in [6, 6.07) is 13.1. The van der Waals surface area contributed by atoms with E-state index in [4.69, 9.17) is 14.2 Å². The van der Waals surface area contributed by atoms with Crippen LogP contribution in [0.25, 0.3) is 0 Å². The predicted octanol–water partition coefficient (Wildman–Crippen LogP) is 2.86. The fraction of sp³-hybridized carbons (Fsp3) is 0.222. The zero-order valence-corrected chi connectivity index (χ0v) is 13.5. The summed E-state index contributed by atoms with van der Waals surface area (Å²) in [6.07, 6.45) is 0. The molecule has 0 aliphatic heterocycles. The van der Waals surface area contributed by atoms with E-state index in [9.17, 15) is 9.59 Å². The second-order valence-electron chi connectivity index (χ2n) is 4.66. The highest BCUT2D eigenvalue weighted by Crippen LogP contribution is 2.26. The van der Waals surface area contributed by atoms with Gasteiger partial charge in [-0.15, -0.1) is 0 Å². The standard InChI is InChI=1S/C18H18O6/c1-3-22-15-6-4-5-7-16(15)23-12-17(19)24-14-10-8-13(9-11-14)18(20)21-2/h4-11H,3,12H2,1-2H3. The van der Waals surface area contributed by atoms with Gasteiger partial charge in [-0.1, -0.05) is 12.1 Å².